The zero-order valence-corrected chi connectivity index (χ0v) is 17.8. The van der Waals surface area contributed by atoms with Crippen molar-refractivity contribution < 1.29 is 14.0 Å². The molecule has 2 unspecified atom stereocenters. The number of aromatic nitrogens is 1. The van der Waals surface area contributed by atoms with Gasteiger partial charge in [-0.25, -0.2) is 4.98 Å². The largest absolute Gasteiger partial charge is 0.434 e. The van der Waals surface area contributed by atoms with E-state index in [0.717, 1.165) is 24.8 Å². The predicted molar refractivity (Wildman–Crippen MR) is 121 cm³/mol. The molecule has 4 rings (SSSR count). The maximum Gasteiger partial charge on any atom is 0.264 e. The number of carbonyl (C=O) groups excluding carboxylic acids is 2. The van der Waals surface area contributed by atoms with Crippen LogP contribution in [0, 0.1) is 11.8 Å². The van der Waals surface area contributed by atoms with Crippen LogP contribution in [0.4, 0.5) is 0 Å². The average Bonchev–Trinajstić information content (AvgIpc) is 3.24. The lowest BCUT2D eigenvalue weighted by Gasteiger charge is -2.30. The van der Waals surface area contributed by atoms with Crippen molar-refractivity contribution in [3.05, 3.63) is 66.1 Å². The molecule has 2 N–H and O–H groups in total. The fourth-order valence-corrected chi connectivity index (χ4v) is 5.01. The Labute approximate surface area is 183 Å². The topological polar surface area (TPSA) is 86.2 Å². The second kappa shape index (κ2) is 9.90. The number of primary amides is 1. The van der Waals surface area contributed by atoms with Crippen molar-refractivity contribution in [3.8, 4) is 0 Å². The summed E-state index contributed by atoms with van der Waals surface area (Å²) in [5, 5.41) is 0. The van der Waals surface area contributed by atoms with Gasteiger partial charge in [0.1, 0.15) is 5.52 Å². The summed E-state index contributed by atoms with van der Waals surface area (Å²) in [7, 11) is 0. The van der Waals surface area contributed by atoms with E-state index in [2.05, 4.69) is 4.98 Å². The minimum Gasteiger partial charge on any atom is -0.434 e. The van der Waals surface area contributed by atoms with Gasteiger partial charge in [0, 0.05) is 6.42 Å². The minimum atomic E-state index is -0.353. The summed E-state index contributed by atoms with van der Waals surface area (Å²) in [6.45, 7) is 0. The number of amides is 1. The third-order valence-electron chi connectivity index (χ3n) is 6.63. The molecule has 0 spiro atoms. The van der Waals surface area contributed by atoms with Gasteiger partial charge in [-0.1, -0.05) is 74.6 Å². The molecule has 1 saturated carbocycles. The smallest absolute Gasteiger partial charge is 0.264 e. The van der Waals surface area contributed by atoms with Crippen molar-refractivity contribution in [2.45, 2.75) is 57.3 Å². The molecule has 0 aliphatic heterocycles. The highest BCUT2D eigenvalue weighted by Crippen LogP contribution is 2.37. The van der Waals surface area contributed by atoms with Crippen LogP contribution in [0.5, 0.6) is 0 Å². The molecule has 0 saturated heterocycles. The van der Waals surface area contributed by atoms with E-state index in [1.54, 1.807) is 0 Å². The molecule has 1 aliphatic rings. The van der Waals surface area contributed by atoms with Crippen LogP contribution >= 0.6 is 0 Å². The summed E-state index contributed by atoms with van der Waals surface area (Å²) in [5.41, 5.74) is 7.84. The number of carbonyl (C=O) groups is 2. The molecule has 1 fully saturated rings. The second-order valence-corrected chi connectivity index (χ2v) is 8.72. The van der Waals surface area contributed by atoms with Crippen molar-refractivity contribution in [1.29, 1.82) is 0 Å². The normalized spacial score (nSPS) is 16.8. The van der Waals surface area contributed by atoms with Gasteiger partial charge in [-0.2, -0.15) is 0 Å². The predicted octanol–water partition coefficient (Wildman–Crippen LogP) is 5.65. The maximum absolute atomic E-state index is 13.5. The highest BCUT2D eigenvalue weighted by atomic mass is 16.4. The van der Waals surface area contributed by atoms with Gasteiger partial charge in [-0.3, -0.25) is 9.59 Å². The number of nitrogens with zero attached hydrogens (tertiary/aromatic N) is 1. The maximum atomic E-state index is 13.5. The molecule has 3 aromatic rings. The summed E-state index contributed by atoms with van der Waals surface area (Å²) >= 11 is 0. The molecule has 1 heterocycles. The monoisotopic (exact) mass is 418 g/mol. The number of benzene rings is 2. The third-order valence-corrected chi connectivity index (χ3v) is 6.63. The van der Waals surface area contributed by atoms with Crippen LogP contribution < -0.4 is 5.73 Å². The van der Waals surface area contributed by atoms with Crippen molar-refractivity contribution in [3.63, 3.8) is 0 Å². The fraction of sp³-hybridized carbons (Fsp3) is 0.423. The van der Waals surface area contributed by atoms with Crippen LogP contribution in [0.15, 0.2) is 59.0 Å². The molecule has 0 radical (unpaired) electrons. The number of ketones is 1. The van der Waals surface area contributed by atoms with Crippen molar-refractivity contribution >= 4 is 22.8 Å². The Balaban J connectivity index is 1.57. The van der Waals surface area contributed by atoms with Crippen molar-refractivity contribution in [2.75, 3.05) is 0 Å². The van der Waals surface area contributed by atoms with Crippen LogP contribution in [0.25, 0.3) is 11.1 Å². The standard InChI is InChI=1S/C26H30N2O3/c27-24(29)17-20(18-9-3-1-4-10-18)15-16-21(19-11-5-2-6-12-19)25(30)26-28-22-13-7-8-14-23(22)31-26/h2,5-8,11-14,18,20-21H,1,3-4,9-10,15-17H2,(H2,27,29). The zero-order valence-electron chi connectivity index (χ0n) is 17.8. The number of rotatable bonds is 9. The van der Waals surface area contributed by atoms with Crippen LogP contribution in [-0.4, -0.2) is 16.7 Å². The fourth-order valence-electron chi connectivity index (χ4n) is 5.01. The quantitative estimate of drug-likeness (QED) is 0.455. The van der Waals surface area contributed by atoms with Crippen molar-refractivity contribution in [1.82, 2.24) is 4.98 Å². The van der Waals surface area contributed by atoms with Gasteiger partial charge in [0.05, 0.1) is 5.92 Å². The first-order chi connectivity index (χ1) is 15.1. The van der Waals surface area contributed by atoms with E-state index in [1.165, 1.54) is 19.3 Å². The van der Waals surface area contributed by atoms with Gasteiger partial charge in [-0.15, -0.1) is 0 Å². The van der Waals surface area contributed by atoms with Crippen molar-refractivity contribution in [2.24, 2.45) is 17.6 Å². The lowest BCUT2D eigenvalue weighted by molar-refractivity contribution is -0.119. The molecule has 1 aromatic heterocycles. The summed E-state index contributed by atoms with van der Waals surface area (Å²) in [5.74, 6) is 0.172. The first-order valence-corrected chi connectivity index (χ1v) is 11.3. The number of Topliss-reactive ketones (excluding diaryl/α,β-unsaturated/α-hetero) is 1. The molecule has 31 heavy (non-hydrogen) atoms. The van der Waals surface area contributed by atoms with E-state index in [-0.39, 0.29) is 29.4 Å². The summed E-state index contributed by atoms with van der Waals surface area (Å²) < 4.78 is 5.79. The highest BCUT2D eigenvalue weighted by molar-refractivity contribution is 5.98. The van der Waals surface area contributed by atoms with E-state index in [4.69, 9.17) is 10.2 Å². The lowest BCUT2D eigenvalue weighted by Crippen LogP contribution is -2.25. The zero-order chi connectivity index (χ0) is 21.6. The molecular formula is C26H30N2O3. The summed E-state index contributed by atoms with van der Waals surface area (Å²) in [4.78, 5) is 29.7. The average molecular weight is 419 g/mol. The Bertz CT molecular complexity index is 988. The molecule has 0 bridgehead atoms. The van der Waals surface area contributed by atoms with Gasteiger partial charge >= 0.3 is 0 Å². The molecule has 2 atom stereocenters. The second-order valence-electron chi connectivity index (χ2n) is 8.72. The van der Waals surface area contributed by atoms with E-state index in [1.807, 2.05) is 54.6 Å². The Kier molecular flexibility index (Phi) is 6.80. The van der Waals surface area contributed by atoms with E-state index in [9.17, 15) is 9.59 Å². The Morgan fingerprint density at radius 1 is 0.968 bits per heavy atom. The Morgan fingerprint density at radius 3 is 2.39 bits per heavy atom. The molecular weight excluding hydrogens is 388 g/mol. The molecule has 2 aromatic carbocycles. The number of nitrogens with two attached hydrogens (primary N) is 1. The Hall–Kier alpha value is -2.95. The van der Waals surface area contributed by atoms with Crippen LogP contribution in [0.1, 0.15) is 73.5 Å². The minimum absolute atomic E-state index is 0.108. The van der Waals surface area contributed by atoms with E-state index >= 15 is 0 Å². The van der Waals surface area contributed by atoms with Crippen LogP contribution in [0.2, 0.25) is 0 Å². The van der Waals surface area contributed by atoms with E-state index < -0.39 is 0 Å². The third kappa shape index (κ3) is 5.22. The van der Waals surface area contributed by atoms with Gasteiger partial charge in [0.15, 0.2) is 5.58 Å². The first-order valence-electron chi connectivity index (χ1n) is 11.3. The Morgan fingerprint density at radius 2 is 1.68 bits per heavy atom. The van der Waals surface area contributed by atoms with Gasteiger partial charge < -0.3 is 10.2 Å². The molecule has 162 valence electrons. The van der Waals surface area contributed by atoms with Crippen LogP contribution in [0.3, 0.4) is 0 Å². The van der Waals surface area contributed by atoms with Gasteiger partial charge in [-0.05, 0) is 42.4 Å². The van der Waals surface area contributed by atoms with E-state index in [0.29, 0.717) is 29.9 Å². The van der Waals surface area contributed by atoms with Crippen LogP contribution in [-0.2, 0) is 4.79 Å². The van der Waals surface area contributed by atoms with Gasteiger partial charge in [0.2, 0.25) is 11.7 Å². The number of fused-ring (bicyclic) bond motifs is 1. The molecule has 1 aliphatic carbocycles. The lowest BCUT2D eigenvalue weighted by atomic mass is 9.75. The number of hydrogen-bond donors (Lipinski definition) is 1. The highest BCUT2D eigenvalue weighted by Gasteiger charge is 2.30. The first kappa shape index (κ1) is 21.3. The number of oxazole rings is 1. The molecule has 1 amide bonds. The molecule has 5 heteroatoms. The molecule has 5 nitrogen and oxygen atoms in total. The SMILES string of the molecule is NC(=O)CC(CCC(C(=O)c1nc2ccccc2o1)c1ccccc1)C1CCCCC1. The number of hydrogen-bond acceptors (Lipinski definition) is 4. The summed E-state index contributed by atoms with van der Waals surface area (Å²) in [6, 6.07) is 17.2. The summed E-state index contributed by atoms with van der Waals surface area (Å²) in [6.07, 6.45) is 7.81. The number of para-hydroxylation sites is 2. The van der Waals surface area contributed by atoms with Gasteiger partial charge in [0.25, 0.3) is 5.89 Å².